The van der Waals surface area contributed by atoms with E-state index in [1.165, 1.54) is 5.56 Å². The quantitative estimate of drug-likeness (QED) is 0.730. The van der Waals surface area contributed by atoms with Gasteiger partial charge in [-0.3, -0.25) is 0 Å². The van der Waals surface area contributed by atoms with Crippen molar-refractivity contribution in [2.45, 2.75) is 32.8 Å². The summed E-state index contributed by atoms with van der Waals surface area (Å²) in [5.41, 5.74) is 3.25. The molecule has 2 aliphatic heterocycles. The fourth-order valence-corrected chi connectivity index (χ4v) is 4.30. The minimum atomic E-state index is 0.274. The summed E-state index contributed by atoms with van der Waals surface area (Å²) in [4.78, 5) is 9.82. The summed E-state index contributed by atoms with van der Waals surface area (Å²) >= 11 is 5.45. The molecule has 1 aromatic heterocycles. The van der Waals surface area contributed by atoms with Crippen LogP contribution >= 0.6 is 12.2 Å². The Morgan fingerprint density at radius 1 is 1.24 bits per heavy atom. The van der Waals surface area contributed by atoms with Gasteiger partial charge in [-0.15, -0.1) is 0 Å². The number of fused-ring (bicyclic) bond motifs is 1. The number of aromatic nitrogens is 1. The fourth-order valence-electron chi connectivity index (χ4n) is 4.10. The maximum Gasteiger partial charge on any atom is 0.170 e. The molecule has 156 valence electrons. The fraction of sp³-hybridized carbons (Fsp3) is 0.545. The van der Waals surface area contributed by atoms with Crippen molar-refractivity contribution in [1.29, 1.82) is 0 Å². The maximum absolute atomic E-state index is 5.64. The normalized spacial score (nSPS) is 20.2. The Morgan fingerprint density at radius 2 is 2.07 bits per heavy atom. The van der Waals surface area contributed by atoms with E-state index in [-0.39, 0.29) is 6.10 Å². The largest absolute Gasteiger partial charge is 0.376 e. The maximum atomic E-state index is 5.64. The molecule has 2 saturated heterocycles. The molecule has 6 nitrogen and oxygen atoms in total. The number of likely N-dealkylation sites (N-methyl/N-ethyl adjacent to an activating group) is 1. The molecule has 3 heterocycles. The van der Waals surface area contributed by atoms with E-state index < -0.39 is 0 Å². The van der Waals surface area contributed by atoms with Crippen molar-refractivity contribution in [2.75, 3.05) is 56.1 Å². The number of ether oxygens (including phenoxy) is 1. The molecular weight excluding hydrogens is 382 g/mol. The molecule has 1 aromatic carbocycles. The molecule has 29 heavy (non-hydrogen) atoms. The second-order valence-corrected chi connectivity index (χ2v) is 8.33. The van der Waals surface area contributed by atoms with Crippen molar-refractivity contribution in [1.82, 2.24) is 15.2 Å². The zero-order chi connectivity index (χ0) is 20.2. The van der Waals surface area contributed by atoms with Crippen LogP contribution in [0.3, 0.4) is 0 Å². The van der Waals surface area contributed by atoms with Crippen molar-refractivity contribution in [3.63, 3.8) is 0 Å². The lowest BCUT2D eigenvalue weighted by molar-refractivity contribution is 0.114. The van der Waals surface area contributed by atoms with Gasteiger partial charge in [0.2, 0.25) is 0 Å². The zero-order valence-electron chi connectivity index (χ0n) is 17.4. The van der Waals surface area contributed by atoms with Gasteiger partial charge in [0.25, 0.3) is 0 Å². The summed E-state index contributed by atoms with van der Waals surface area (Å²) in [6.45, 7) is 11.4. The van der Waals surface area contributed by atoms with E-state index >= 15 is 0 Å². The molecule has 2 aliphatic rings. The highest BCUT2D eigenvalue weighted by Crippen LogP contribution is 2.26. The lowest BCUT2D eigenvalue weighted by atomic mass is 10.1. The van der Waals surface area contributed by atoms with Crippen LogP contribution in [0, 0.1) is 6.92 Å². The van der Waals surface area contributed by atoms with Crippen LogP contribution in [-0.4, -0.2) is 67.0 Å². The van der Waals surface area contributed by atoms with Gasteiger partial charge in [0, 0.05) is 50.4 Å². The van der Waals surface area contributed by atoms with E-state index in [0.29, 0.717) is 5.11 Å². The van der Waals surface area contributed by atoms with Gasteiger partial charge in [-0.05, 0) is 68.4 Å². The third-order valence-corrected chi connectivity index (χ3v) is 6.16. The molecule has 0 aliphatic carbocycles. The highest BCUT2D eigenvalue weighted by Gasteiger charge is 2.18. The van der Waals surface area contributed by atoms with E-state index in [2.05, 4.69) is 52.5 Å². The molecule has 0 radical (unpaired) electrons. The number of anilines is 2. The number of hydrogen-bond acceptors (Lipinski definition) is 5. The smallest absolute Gasteiger partial charge is 0.170 e. The second kappa shape index (κ2) is 9.24. The van der Waals surface area contributed by atoms with Gasteiger partial charge in [0.15, 0.2) is 5.11 Å². The Labute approximate surface area is 178 Å². The van der Waals surface area contributed by atoms with E-state index in [0.717, 1.165) is 81.1 Å². The molecule has 1 atom stereocenters. The molecule has 0 unspecified atom stereocenters. The minimum Gasteiger partial charge on any atom is -0.376 e. The summed E-state index contributed by atoms with van der Waals surface area (Å²) in [6, 6.07) is 8.48. The van der Waals surface area contributed by atoms with Crippen molar-refractivity contribution < 1.29 is 4.74 Å². The Bertz CT molecular complexity index is 860. The Hall–Kier alpha value is -1.96. The van der Waals surface area contributed by atoms with Gasteiger partial charge in [-0.25, -0.2) is 4.98 Å². The summed E-state index contributed by atoms with van der Waals surface area (Å²) in [6.07, 6.45) is 2.52. The van der Waals surface area contributed by atoms with Crippen LogP contribution in [0.15, 0.2) is 24.3 Å². The number of thiocarbonyl (C=S) groups is 1. The molecule has 0 saturated carbocycles. The number of benzene rings is 1. The number of nitrogens with one attached hydrogen (secondary N) is 2. The van der Waals surface area contributed by atoms with Crippen molar-refractivity contribution in [3.8, 4) is 0 Å². The second-order valence-electron chi connectivity index (χ2n) is 7.92. The van der Waals surface area contributed by atoms with Gasteiger partial charge in [-0.2, -0.15) is 0 Å². The molecule has 0 amide bonds. The van der Waals surface area contributed by atoms with Crippen LogP contribution in [0.4, 0.5) is 11.5 Å². The summed E-state index contributed by atoms with van der Waals surface area (Å²) < 4.78 is 5.64. The van der Waals surface area contributed by atoms with Crippen LogP contribution < -0.4 is 15.5 Å². The van der Waals surface area contributed by atoms with Gasteiger partial charge in [-0.1, -0.05) is 6.92 Å². The Morgan fingerprint density at radius 3 is 2.79 bits per heavy atom. The third-order valence-electron chi connectivity index (χ3n) is 5.92. The standard InChI is InChI=1S/C22H31N5OS/c1-3-26-8-10-27(11-9-26)21-13-16(2)19-14-17(6-7-20(19)25-21)24-22(29)23-15-18-5-4-12-28-18/h6-7,13-14,18H,3-5,8-12,15H2,1-2H3,(H2,23,24,29)/t18-/m1/s1. The minimum absolute atomic E-state index is 0.274. The summed E-state index contributed by atoms with van der Waals surface area (Å²) in [5.74, 6) is 1.08. The molecular formula is C22H31N5OS. The highest BCUT2D eigenvalue weighted by molar-refractivity contribution is 7.80. The van der Waals surface area contributed by atoms with Gasteiger partial charge in [0.1, 0.15) is 5.82 Å². The number of hydrogen-bond donors (Lipinski definition) is 2. The number of pyridine rings is 1. The number of aryl methyl sites for hydroxylation is 1. The highest BCUT2D eigenvalue weighted by atomic mass is 32.1. The Kier molecular flexibility index (Phi) is 6.47. The van der Waals surface area contributed by atoms with E-state index in [9.17, 15) is 0 Å². The first-order chi connectivity index (χ1) is 14.1. The van der Waals surface area contributed by atoms with Crippen LogP contribution in [0.2, 0.25) is 0 Å². The first kappa shape index (κ1) is 20.3. The first-order valence-electron chi connectivity index (χ1n) is 10.7. The van der Waals surface area contributed by atoms with Gasteiger partial charge < -0.3 is 25.2 Å². The van der Waals surface area contributed by atoms with Crippen LogP contribution in [0.5, 0.6) is 0 Å². The number of rotatable bonds is 5. The van der Waals surface area contributed by atoms with Crippen LogP contribution in [0.1, 0.15) is 25.3 Å². The number of piperazine rings is 1. The molecule has 7 heteroatoms. The monoisotopic (exact) mass is 413 g/mol. The topological polar surface area (TPSA) is 52.7 Å². The van der Waals surface area contributed by atoms with Crippen LogP contribution in [0.25, 0.3) is 10.9 Å². The predicted octanol–water partition coefficient (Wildman–Crippen LogP) is 3.15. The molecule has 0 spiro atoms. The first-order valence-corrected chi connectivity index (χ1v) is 11.1. The van der Waals surface area contributed by atoms with Gasteiger partial charge >= 0.3 is 0 Å². The molecule has 2 fully saturated rings. The lowest BCUT2D eigenvalue weighted by Crippen LogP contribution is -2.46. The summed E-state index contributed by atoms with van der Waals surface area (Å²) in [7, 11) is 0. The third kappa shape index (κ3) is 4.97. The molecule has 0 bridgehead atoms. The average molecular weight is 414 g/mol. The number of nitrogens with zero attached hydrogens (tertiary/aromatic N) is 3. The average Bonchev–Trinajstić information content (AvgIpc) is 3.26. The molecule has 2 N–H and O–H groups in total. The molecule has 4 rings (SSSR count). The zero-order valence-corrected chi connectivity index (χ0v) is 18.2. The van der Waals surface area contributed by atoms with Crippen molar-refractivity contribution >= 4 is 39.7 Å². The summed E-state index contributed by atoms with van der Waals surface area (Å²) in [5, 5.41) is 8.36. The van der Waals surface area contributed by atoms with Crippen molar-refractivity contribution in [3.05, 3.63) is 29.8 Å². The van der Waals surface area contributed by atoms with Crippen LogP contribution in [-0.2, 0) is 4.74 Å². The van der Waals surface area contributed by atoms with E-state index in [4.69, 9.17) is 21.9 Å². The Balaban J connectivity index is 1.42. The SMILES string of the molecule is CCN1CCN(c2cc(C)c3cc(NC(=S)NC[C@H]4CCCO4)ccc3n2)CC1. The van der Waals surface area contributed by atoms with Crippen molar-refractivity contribution in [2.24, 2.45) is 0 Å². The predicted molar refractivity (Wildman–Crippen MR) is 124 cm³/mol. The van der Waals surface area contributed by atoms with E-state index in [1.807, 2.05) is 6.07 Å². The molecule has 2 aromatic rings. The lowest BCUT2D eigenvalue weighted by Gasteiger charge is -2.35. The van der Waals surface area contributed by atoms with E-state index in [1.54, 1.807) is 0 Å². The van der Waals surface area contributed by atoms with Gasteiger partial charge in [0.05, 0.1) is 11.6 Å².